The molecule has 10 heavy (non-hydrogen) atoms. The normalized spacial score (nSPS) is 15.4. The highest BCUT2D eigenvalue weighted by Crippen LogP contribution is 2.02. The fourth-order valence-corrected chi connectivity index (χ4v) is 0.634. The molecule has 3 heteroatoms. The van der Waals surface area contributed by atoms with Gasteiger partial charge in [-0.15, -0.1) is 0 Å². The maximum Gasteiger partial charge on any atom is 0.417 e. The van der Waals surface area contributed by atoms with Crippen LogP contribution in [0.25, 0.3) is 0 Å². The molecule has 3 nitrogen and oxygen atoms in total. The molecule has 1 rings (SSSR count). The third kappa shape index (κ3) is 1.93. The molecule has 0 saturated heterocycles. The summed E-state index contributed by atoms with van der Waals surface area (Å²) in [4.78, 5) is 9.62. The van der Waals surface area contributed by atoms with E-state index in [2.05, 4.69) is 4.74 Å². The van der Waals surface area contributed by atoms with E-state index in [-0.39, 0.29) is 6.61 Å². The van der Waals surface area contributed by atoms with Gasteiger partial charge in [0.15, 0.2) is 0 Å². The molecule has 0 N–H and O–H groups in total. The van der Waals surface area contributed by atoms with E-state index >= 15 is 0 Å². The second-order valence-electron chi connectivity index (χ2n) is 1.79. The molecular formula is C7H7O3. The van der Waals surface area contributed by atoms with E-state index in [9.17, 15) is 4.79 Å². The first-order valence-electron chi connectivity index (χ1n) is 2.89. The molecule has 53 valence electrons. The van der Waals surface area contributed by atoms with Crippen molar-refractivity contribution in [2.75, 3.05) is 13.2 Å². The average molecular weight is 139 g/mol. The summed E-state index contributed by atoms with van der Waals surface area (Å²) in [5.41, 5.74) is 0.939. The quantitative estimate of drug-likeness (QED) is 0.572. The summed E-state index contributed by atoms with van der Waals surface area (Å²) in [6.45, 7) is 2.18. The fraction of sp³-hybridized carbons (Fsp3) is 0.286. The Hall–Kier alpha value is -1.25. The molecule has 0 aromatic heterocycles. The van der Waals surface area contributed by atoms with Crippen LogP contribution in [0.2, 0.25) is 0 Å². The lowest BCUT2D eigenvalue weighted by atomic mass is 10.2. The van der Waals surface area contributed by atoms with Crippen LogP contribution in [-0.4, -0.2) is 19.7 Å². The van der Waals surface area contributed by atoms with Gasteiger partial charge >= 0.3 is 6.47 Å². The average Bonchev–Trinajstić information content (AvgIpc) is 2.03. The van der Waals surface area contributed by atoms with E-state index in [1.54, 1.807) is 12.3 Å². The second-order valence-corrected chi connectivity index (χ2v) is 1.79. The van der Waals surface area contributed by atoms with E-state index in [1.165, 1.54) is 6.47 Å². The maximum atomic E-state index is 9.62. The van der Waals surface area contributed by atoms with Gasteiger partial charge in [0.1, 0.15) is 13.2 Å². The summed E-state index contributed by atoms with van der Waals surface area (Å²) in [5, 5.41) is 0. The Morgan fingerprint density at radius 2 is 2.70 bits per heavy atom. The summed E-state index contributed by atoms with van der Waals surface area (Å²) >= 11 is 0. The fourth-order valence-electron chi connectivity index (χ4n) is 0.634. The minimum atomic E-state index is 0.281. The molecule has 0 aromatic rings. The van der Waals surface area contributed by atoms with Crippen LogP contribution >= 0.6 is 0 Å². The third-order valence-electron chi connectivity index (χ3n) is 1.12. The van der Waals surface area contributed by atoms with Crippen molar-refractivity contribution < 1.29 is 14.3 Å². The Morgan fingerprint density at radius 1 is 1.80 bits per heavy atom. The van der Waals surface area contributed by atoms with Gasteiger partial charge in [-0.1, -0.05) is 0 Å². The summed E-state index contributed by atoms with van der Waals surface area (Å²) in [7, 11) is 0. The van der Waals surface area contributed by atoms with Gasteiger partial charge < -0.3 is 9.47 Å². The molecule has 0 fully saturated rings. The van der Waals surface area contributed by atoms with Crippen molar-refractivity contribution in [2.45, 2.75) is 0 Å². The van der Waals surface area contributed by atoms with Crippen molar-refractivity contribution >= 4 is 6.47 Å². The first-order valence-corrected chi connectivity index (χ1v) is 2.89. The lowest BCUT2D eigenvalue weighted by molar-refractivity contribution is 0.273. The van der Waals surface area contributed by atoms with Gasteiger partial charge in [0.25, 0.3) is 0 Å². The van der Waals surface area contributed by atoms with E-state index in [4.69, 9.17) is 4.74 Å². The smallest absolute Gasteiger partial charge is 0.417 e. The van der Waals surface area contributed by atoms with Gasteiger partial charge in [0.2, 0.25) is 0 Å². The molecular weight excluding hydrogens is 132 g/mol. The van der Waals surface area contributed by atoms with Crippen LogP contribution < -0.4 is 0 Å². The van der Waals surface area contributed by atoms with E-state index < -0.39 is 0 Å². The topological polar surface area (TPSA) is 35.5 Å². The zero-order valence-electron chi connectivity index (χ0n) is 5.37. The van der Waals surface area contributed by atoms with Gasteiger partial charge in [-0.25, -0.2) is 4.79 Å². The monoisotopic (exact) mass is 139 g/mol. The van der Waals surface area contributed by atoms with Crippen LogP contribution in [0.5, 0.6) is 0 Å². The summed E-state index contributed by atoms with van der Waals surface area (Å²) in [5.74, 6) is 0. The molecule has 0 amide bonds. The predicted molar refractivity (Wildman–Crippen MR) is 34.8 cm³/mol. The lowest BCUT2D eigenvalue weighted by Crippen LogP contribution is -1.99. The molecule has 0 bridgehead atoms. The van der Waals surface area contributed by atoms with Crippen LogP contribution in [0.4, 0.5) is 0 Å². The highest BCUT2D eigenvalue weighted by molar-refractivity contribution is 5.39. The molecule has 1 aliphatic rings. The van der Waals surface area contributed by atoms with Crippen molar-refractivity contribution in [3.63, 3.8) is 0 Å². The molecule has 1 radical (unpaired) electrons. The predicted octanol–water partition coefficient (Wildman–Crippen LogP) is 0.540. The summed E-state index contributed by atoms with van der Waals surface area (Å²) in [6.07, 6.45) is 5.17. The van der Waals surface area contributed by atoms with Gasteiger partial charge in [0.05, 0.1) is 6.26 Å². The van der Waals surface area contributed by atoms with Gasteiger partial charge in [0, 0.05) is 0 Å². The number of rotatable bonds is 3. The molecule has 0 atom stereocenters. The van der Waals surface area contributed by atoms with Crippen molar-refractivity contribution in [3.05, 3.63) is 24.0 Å². The first kappa shape index (κ1) is 6.86. The Labute approximate surface area is 58.9 Å². The van der Waals surface area contributed by atoms with Gasteiger partial charge in [-0.2, -0.15) is 0 Å². The number of hydrogen-bond acceptors (Lipinski definition) is 3. The SMILES string of the molecule is O=[C]OCC1=CCOC=C1. The Morgan fingerprint density at radius 3 is 3.30 bits per heavy atom. The molecule has 0 saturated carbocycles. The highest BCUT2D eigenvalue weighted by Gasteiger charge is 1.96. The Balaban J connectivity index is 2.32. The van der Waals surface area contributed by atoms with Crippen LogP contribution in [0.15, 0.2) is 24.0 Å². The van der Waals surface area contributed by atoms with Crippen LogP contribution in [0.1, 0.15) is 0 Å². The van der Waals surface area contributed by atoms with Crippen molar-refractivity contribution in [1.82, 2.24) is 0 Å². The first-order chi connectivity index (χ1) is 4.93. The largest absolute Gasteiger partial charge is 0.497 e. The number of hydrogen-bond donors (Lipinski definition) is 0. The summed E-state index contributed by atoms with van der Waals surface area (Å²) in [6, 6.07) is 0. The molecule has 1 aliphatic heterocycles. The third-order valence-corrected chi connectivity index (χ3v) is 1.12. The van der Waals surface area contributed by atoms with Crippen LogP contribution in [0, 0.1) is 0 Å². The summed E-state index contributed by atoms with van der Waals surface area (Å²) < 4.78 is 9.26. The highest BCUT2D eigenvalue weighted by atomic mass is 16.5. The number of ether oxygens (including phenoxy) is 2. The van der Waals surface area contributed by atoms with E-state index in [0.29, 0.717) is 6.61 Å². The molecule has 1 heterocycles. The maximum absolute atomic E-state index is 9.62. The van der Waals surface area contributed by atoms with E-state index in [1.807, 2.05) is 6.08 Å². The zero-order valence-corrected chi connectivity index (χ0v) is 5.37. The minimum absolute atomic E-state index is 0.281. The van der Waals surface area contributed by atoms with Gasteiger partial charge in [-0.05, 0) is 17.7 Å². The van der Waals surface area contributed by atoms with Crippen molar-refractivity contribution in [2.24, 2.45) is 0 Å². The van der Waals surface area contributed by atoms with Gasteiger partial charge in [-0.3, -0.25) is 0 Å². The Kier molecular flexibility index (Phi) is 2.55. The lowest BCUT2D eigenvalue weighted by Gasteiger charge is -2.05. The molecule has 0 spiro atoms. The van der Waals surface area contributed by atoms with E-state index in [0.717, 1.165) is 5.57 Å². The minimum Gasteiger partial charge on any atom is -0.497 e. The molecule has 0 aromatic carbocycles. The van der Waals surface area contributed by atoms with Crippen LogP contribution in [0.3, 0.4) is 0 Å². The number of carbonyl (C=O) groups excluding carboxylic acids is 1. The standard InChI is InChI=1S/C7H7O3/c8-6-10-5-7-1-3-9-4-2-7/h1-3H,4-5H2. The van der Waals surface area contributed by atoms with Crippen molar-refractivity contribution in [3.8, 4) is 0 Å². The zero-order chi connectivity index (χ0) is 7.23. The molecule has 0 unspecified atom stereocenters. The van der Waals surface area contributed by atoms with Crippen molar-refractivity contribution in [1.29, 1.82) is 0 Å². The Bertz CT molecular complexity index is 170. The second kappa shape index (κ2) is 3.71. The molecule has 0 aliphatic carbocycles. The van der Waals surface area contributed by atoms with Crippen LogP contribution in [-0.2, 0) is 14.3 Å².